The van der Waals surface area contributed by atoms with Crippen LogP contribution < -0.4 is 5.32 Å². The number of nitrogens with one attached hydrogen (secondary N) is 2. The molecule has 0 radical (unpaired) electrons. The molecule has 1 amide bonds. The van der Waals surface area contributed by atoms with Gasteiger partial charge in [0.05, 0.1) is 0 Å². The van der Waals surface area contributed by atoms with E-state index < -0.39 is 0 Å². The van der Waals surface area contributed by atoms with E-state index in [0.29, 0.717) is 18.0 Å². The molecule has 0 aliphatic rings. The number of hydrogen-bond donors (Lipinski definition) is 2. The molecule has 0 bridgehead atoms. The molecule has 0 fully saturated rings. The van der Waals surface area contributed by atoms with Crippen LogP contribution in [0.2, 0.25) is 5.02 Å². The second kappa shape index (κ2) is 9.24. The molecule has 0 unspecified atom stereocenters. The summed E-state index contributed by atoms with van der Waals surface area (Å²) < 4.78 is 5.04. The number of fused-ring (bicyclic) bond motifs is 1. The fraction of sp³-hybridized carbons (Fsp3) is 0.238. The lowest BCUT2D eigenvalue weighted by atomic mass is 10.1. The van der Waals surface area contributed by atoms with Gasteiger partial charge in [-0.15, -0.1) is 0 Å². The van der Waals surface area contributed by atoms with Crippen LogP contribution in [0.3, 0.4) is 0 Å². The van der Waals surface area contributed by atoms with Gasteiger partial charge in [-0.25, -0.2) is 0 Å². The quantitative estimate of drug-likeness (QED) is 0.576. The fourth-order valence-corrected chi connectivity index (χ4v) is 2.96. The predicted molar refractivity (Wildman–Crippen MR) is 105 cm³/mol. The number of esters is 1. The fourth-order valence-electron chi connectivity index (χ4n) is 2.83. The summed E-state index contributed by atoms with van der Waals surface area (Å²) in [7, 11) is 0. The highest BCUT2D eigenvalue weighted by Crippen LogP contribution is 2.19. The average molecular weight is 385 g/mol. The molecule has 1 aromatic heterocycles. The third-order valence-electron chi connectivity index (χ3n) is 4.27. The summed E-state index contributed by atoms with van der Waals surface area (Å²) in [4.78, 5) is 26.8. The Bertz CT molecular complexity index is 919. The van der Waals surface area contributed by atoms with Gasteiger partial charge in [-0.3, -0.25) is 9.59 Å². The number of amides is 1. The maximum atomic E-state index is 11.8. The highest BCUT2D eigenvalue weighted by Gasteiger charge is 2.09. The Labute approximate surface area is 162 Å². The Morgan fingerprint density at radius 2 is 1.85 bits per heavy atom. The van der Waals surface area contributed by atoms with Crippen molar-refractivity contribution in [3.8, 4) is 0 Å². The third-order valence-corrected chi connectivity index (χ3v) is 4.52. The highest BCUT2D eigenvalue weighted by molar-refractivity contribution is 6.30. The molecule has 0 saturated carbocycles. The molecular formula is C21H21ClN2O3. The number of carbonyl (C=O) groups is 2. The van der Waals surface area contributed by atoms with Crippen LogP contribution >= 0.6 is 11.6 Å². The van der Waals surface area contributed by atoms with Crippen LogP contribution in [0.1, 0.15) is 24.0 Å². The number of rotatable bonds is 8. The minimum atomic E-state index is -0.364. The molecule has 3 rings (SSSR count). The molecular weight excluding hydrogens is 364 g/mol. The lowest BCUT2D eigenvalue weighted by Crippen LogP contribution is -2.28. The molecule has 27 heavy (non-hydrogen) atoms. The van der Waals surface area contributed by atoms with Gasteiger partial charge in [-0.2, -0.15) is 0 Å². The van der Waals surface area contributed by atoms with E-state index in [4.69, 9.17) is 16.3 Å². The molecule has 0 atom stereocenters. The van der Waals surface area contributed by atoms with E-state index in [0.717, 1.165) is 17.5 Å². The van der Waals surface area contributed by atoms with Crippen molar-refractivity contribution in [3.05, 3.63) is 70.9 Å². The van der Waals surface area contributed by atoms with Gasteiger partial charge in [0.2, 0.25) is 0 Å². The van der Waals surface area contributed by atoms with E-state index in [-0.39, 0.29) is 24.9 Å². The second-order valence-electron chi connectivity index (χ2n) is 6.28. The van der Waals surface area contributed by atoms with Gasteiger partial charge in [0.25, 0.3) is 5.91 Å². The van der Waals surface area contributed by atoms with Crippen LogP contribution in [0.5, 0.6) is 0 Å². The average Bonchev–Trinajstić information content (AvgIpc) is 3.09. The SMILES string of the molecule is O=C(COC(=O)CCCc1c[nH]c2ccccc12)NCc1ccc(Cl)cc1. The zero-order valence-corrected chi connectivity index (χ0v) is 15.6. The smallest absolute Gasteiger partial charge is 0.306 e. The summed E-state index contributed by atoms with van der Waals surface area (Å²) in [5, 5.41) is 4.53. The van der Waals surface area contributed by atoms with Crippen LogP contribution in [0, 0.1) is 0 Å². The minimum absolute atomic E-state index is 0.264. The highest BCUT2D eigenvalue weighted by atomic mass is 35.5. The summed E-state index contributed by atoms with van der Waals surface area (Å²) in [5.74, 6) is -0.689. The number of aromatic amines is 1. The van der Waals surface area contributed by atoms with Crippen LogP contribution in [0.15, 0.2) is 54.7 Å². The summed E-state index contributed by atoms with van der Waals surface area (Å²) in [5.41, 5.74) is 3.20. The van der Waals surface area contributed by atoms with Crippen molar-refractivity contribution < 1.29 is 14.3 Å². The van der Waals surface area contributed by atoms with Crippen LogP contribution in [-0.4, -0.2) is 23.5 Å². The molecule has 2 N–H and O–H groups in total. The number of para-hydroxylation sites is 1. The number of carbonyl (C=O) groups excluding carboxylic acids is 2. The Hall–Kier alpha value is -2.79. The first-order chi connectivity index (χ1) is 13.1. The molecule has 0 aliphatic carbocycles. The number of halogens is 1. The van der Waals surface area contributed by atoms with Crippen molar-refractivity contribution in [2.45, 2.75) is 25.8 Å². The van der Waals surface area contributed by atoms with E-state index in [9.17, 15) is 9.59 Å². The van der Waals surface area contributed by atoms with E-state index in [1.807, 2.05) is 36.5 Å². The number of aryl methyl sites for hydroxylation is 1. The van der Waals surface area contributed by atoms with Crippen molar-refractivity contribution >= 4 is 34.4 Å². The Morgan fingerprint density at radius 3 is 2.67 bits per heavy atom. The molecule has 0 saturated heterocycles. The first-order valence-corrected chi connectivity index (χ1v) is 9.21. The summed E-state index contributed by atoms with van der Waals surface area (Å²) in [6, 6.07) is 15.3. The molecule has 0 aliphatic heterocycles. The minimum Gasteiger partial charge on any atom is -0.456 e. The largest absolute Gasteiger partial charge is 0.456 e. The number of H-pyrrole nitrogens is 1. The molecule has 6 heteroatoms. The lowest BCUT2D eigenvalue weighted by molar-refractivity contribution is -0.148. The van der Waals surface area contributed by atoms with Gasteiger partial charge in [0.15, 0.2) is 6.61 Å². The lowest BCUT2D eigenvalue weighted by Gasteiger charge is -2.07. The van der Waals surface area contributed by atoms with Gasteiger partial charge >= 0.3 is 5.97 Å². The predicted octanol–water partition coefficient (Wildman–Crippen LogP) is 4.00. The van der Waals surface area contributed by atoms with Crippen LogP contribution in [0.25, 0.3) is 10.9 Å². The van der Waals surface area contributed by atoms with E-state index in [2.05, 4.69) is 16.4 Å². The molecule has 2 aromatic carbocycles. The number of benzene rings is 2. The van der Waals surface area contributed by atoms with Crippen molar-refractivity contribution in [2.24, 2.45) is 0 Å². The van der Waals surface area contributed by atoms with E-state index in [1.165, 1.54) is 10.9 Å². The summed E-state index contributed by atoms with van der Waals surface area (Å²) in [6.45, 7) is 0.105. The molecule has 140 valence electrons. The van der Waals surface area contributed by atoms with Crippen molar-refractivity contribution in [1.29, 1.82) is 0 Å². The molecule has 5 nitrogen and oxygen atoms in total. The maximum Gasteiger partial charge on any atom is 0.306 e. The van der Waals surface area contributed by atoms with E-state index in [1.54, 1.807) is 12.1 Å². The zero-order chi connectivity index (χ0) is 19.1. The first kappa shape index (κ1) is 19.0. The Morgan fingerprint density at radius 1 is 1.07 bits per heavy atom. The van der Waals surface area contributed by atoms with Crippen molar-refractivity contribution in [1.82, 2.24) is 10.3 Å². The van der Waals surface area contributed by atoms with Crippen LogP contribution in [-0.2, 0) is 27.3 Å². The Balaban J connectivity index is 1.34. The van der Waals surface area contributed by atoms with Gasteiger partial charge < -0.3 is 15.0 Å². The normalized spacial score (nSPS) is 10.7. The molecule has 3 aromatic rings. The Kier molecular flexibility index (Phi) is 6.49. The number of ether oxygens (including phenoxy) is 1. The number of hydrogen-bond acceptors (Lipinski definition) is 3. The first-order valence-electron chi connectivity index (χ1n) is 8.83. The number of aromatic nitrogens is 1. The second-order valence-corrected chi connectivity index (χ2v) is 6.71. The van der Waals surface area contributed by atoms with Gasteiger partial charge in [-0.1, -0.05) is 41.9 Å². The van der Waals surface area contributed by atoms with Gasteiger partial charge in [-0.05, 0) is 42.2 Å². The van der Waals surface area contributed by atoms with Gasteiger partial charge in [0, 0.05) is 35.1 Å². The monoisotopic (exact) mass is 384 g/mol. The summed E-state index contributed by atoms with van der Waals surface area (Å²) >= 11 is 5.82. The maximum absolute atomic E-state index is 11.8. The topological polar surface area (TPSA) is 71.2 Å². The van der Waals surface area contributed by atoms with Gasteiger partial charge in [0.1, 0.15) is 0 Å². The van der Waals surface area contributed by atoms with Crippen LogP contribution in [0.4, 0.5) is 0 Å². The van der Waals surface area contributed by atoms with E-state index >= 15 is 0 Å². The van der Waals surface area contributed by atoms with Crippen molar-refractivity contribution in [2.75, 3.05) is 6.61 Å². The zero-order valence-electron chi connectivity index (χ0n) is 14.8. The summed E-state index contributed by atoms with van der Waals surface area (Å²) in [6.07, 6.45) is 3.71. The van der Waals surface area contributed by atoms with Crippen molar-refractivity contribution in [3.63, 3.8) is 0 Å². The standard InChI is InChI=1S/C21H21ClN2O3/c22-17-10-8-15(9-11-17)12-24-20(25)14-27-21(26)7-3-4-16-13-23-19-6-2-1-5-18(16)19/h1-2,5-6,8-11,13,23H,3-4,7,12,14H2,(H,24,25). The third kappa shape index (κ3) is 5.59. The molecule has 1 heterocycles. The molecule has 0 spiro atoms.